The Labute approximate surface area is 74.9 Å². The highest BCUT2D eigenvalue weighted by Gasteiger charge is 2.30. The maximum Gasteiger partial charge on any atom is 0.0860 e. The van der Waals surface area contributed by atoms with Crippen molar-refractivity contribution < 1.29 is 9.84 Å². The van der Waals surface area contributed by atoms with E-state index in [-0.39, 0.29) is 12.2 Å². The molecule has 1 saturated heterocycles. The standard InChI is InChI=1S/C10H20O2/c1-7(2)6-9(11)10-8(3)4-5-12-10/h7-11H,4-6H2,1-3H3/t8-,9-,10-/m0/s1. The maximum absolute atomic E-state index is 9.76. The van der Waals surface area contributed by atoms with E-state index in [0.717, 1.165) is 19.4 Å². The smallest absolute Gasteiger partial charge is 0.0860 e. The van der Waals surface area contributed by atoms with Crippen LogP contribution < -0.4 is 0 Å². The Morgan fingerprint density at radius 1 is 1.50 bits per heavy atom. The Morgan fingerprint density at radius 3 is 2.58 bits per heavy atom. The van der Waals surface area contributed by atoms with Crippen LogP contribution in [0.15, 0.2) is 0 Å². The molecule has 0 amide bonds. The summed E-state index contributed by atoms with van der Waals surface area (Å²) in [5.41, 5.74) is 0. The van der Waals surface area contributed by atoms with E-state index in [2.05, 4.69) is 20.8 Å². The van der Waals surface area contributed by atoms with Crippen LogP contribution in [-0.4, -0.2) is 23.9 Å². The van der Waals surface area contributed by atoms with Crippen molar-refractivity contribution in [3.8, 4) is 0 Å². The van der Waals surface area contributed by atoms with E-state index in [1.165, 1.54) is 0 Å². The average molecular weight is 172 g/mol. The second kappa shape index (κ2) is 4.24. The topological polar surface area (TPSA) is 29.5 Å². The van der Waals surface area contributed by atoms with Crippen LogP contribution in [0.4, 0.5) is 0 Å². The second-order valence-electron chi connectivity index (χ2n) is 4.30. The summed E-state index contributed by atoms with van der Waals surface area (Å²) < 4.78 is 5.48. The van der Waals surface area contributed by atoms with Gasteiger partial charge in [-0.2, -0.15) is 0 Å². The van der Waals surface area contributed by atoms with Crippen LogP contribution in [0.3, 0.4) is 0 Å². The lowest BCUT2D eigenvalue weighted by atomic mass is 9.94. The Morgan fingerprint density at radius 2 is 2.17 bits per heavy atom. The van der Waals surface area contributed by atoms with Gasteiger partial charge in [0.15, 0.2) is 0 Å². The van der Waals surface area contributed by atoms with Crippen molar-refractivity contribution in [2.45, 2.75) is 45.8 Å². The van der Waals surface area contributed by atoms with Crippen molar-refractivity contribution >= 4 is 0 Å². The zero-order valence-corrected chi connectivity index (χ0v) is 8.29. The van der Waals surface area contributed by atoms with Gasteiger partial charge >= 0.3 is 0 Å². The molecule has 0 aliphatic carbocycles. The SMILES string of the molecule is CC(C)C[C@H](O)[C@H]1OCC[C@@H]1C. The molecule has 1 aliphatic rings. The largest absolute Gasteiger partial charge is 0.390 e. The van der Waals surface area contributed by atoms with Gasteiger partial charge in [-0.1, -0.05) is 20.8 Å². The monoisotopic (exact) mass is 172 g/mol. The Balaban J connectivity index is 2.35. The first-order valence-electron chi connectivity index (χ1n) is 4.91. The number of aliphatic hydroxyl groups is 1. The summed E-state index contributed by atoms with van der Waals surface area (Å²) >= 11 is 0. The normalized spacial score (nSPS) is 32.8. The molecule has 0 aromatic carbocycles. The van der Waals surface area contributed by atoms with Gasteiger partial charge in [-0.15, -0.1) is 0 Å². The number of ether oxygens (including phenoxy) is 1. The first-order chi connectivity index (χ1) is 5.61. The van der Waals surface area contributed by atoms with Crippen LogP contribution in [0.1, 0.15) is 33.6 Å². The van der Waals surface area contributed by atoms with Crippen LogP contribution in [-0.2, 0) is 4.74 Å². The number of aliphatic hydroxyl groups excluding tert-OH is 1. The Bertz CT molecular complexity index is 134. The second-order valence-corrected chi connectivity index (χ2v) is 4.30. The zero-order chi connectivity index (χ0) is 9.14. The molecule has 0 saturated carbocycles. The van der Waals surface area contributed by atoms with Gasteiger partial charge in [0.05, 0.1) is 12.2 Å². The molecule has 2 heteroatoms. The van der Waals surface area contributed by atoms with Crippen LogP contribution in [0.25, 0.3) is 0 Å². The lowest BCUT2D eigenvalue weighted by Crippen LogP contribution is -2.31. The van der Waals surface area contributed by atoms with Crippen LogP contribution in [0.2, 0.25) is 0 Å². The van der Waals surface area contributed by atoms with E-state index in [1.54, 1.807) is 0 Å². The summed E-state index contributed by atoms with van der Waals surface area (Å²) in [6.07, 6.45) is 1.78. The van der Waals surface area contributed by atoms with Gasteiger partial charge in [-0.25, -0.2) is 0 Å². The van der Waals surface area contributed by atoms with E-state index in [0.29, 0.717) is 11.8 Å². The molecule has 72 valence electrons. The fraction of sp³-hybridized carbons (Fsp3) is 1.00. The summed E-state index contributed by atoms with van der Waals surface area (Å²) in [5.74, 6) is 1.08. The van der Waals surface area contributed by atoms with Crippen molar-refractivity contribution in [3.63, 3.8) is 0 Å². The van der Waals surface area contributed by atoms with Gasteiger partial charge in [-0.05, 0) is 24.7 Å². The lowest BCUT2D eigenvalue weighted by molar-refractivity contribution is -0.0252. The summed E-state index contributed by atoms with van der Waals surface area (Å²) in [7, 11) is 0. The molecule has 0 aromatic heterocycles. The fourth-order valence-corrected chi connectivity index (χ4v) is 1.83. The summed E-state index contributed by atoms with van der Waals surface area (Å²) in [5, 5.41) is 9.76. The average Bonchev–Trinajstić information content (AvgIpc) is 2.33. The van der Waals surface area contributed by atoms with Crippen LogP contribution >= 0.6 is 0 Å². The van der Waals surface area contributed by atoms with Crippen molar-refractivity contribution in [2.24, 2.45) is 11.8 Å². The predicted octanol–water partition coefficient (Wildman–Crippen LogP) is 1.82. The number of hydrogen-bond acceptors (Lipinski definition) is 2. The zero-order valence-electron chi connectivity index (χ0n) is 8.29. The number of rotatable bonds is 3. The summed E-state index contributed by atoms with van der Waals surface area (Å²) in [6.45, 7) is 7.23. The molecule has 12 heavy (non-hydrogen) atoms. The molecular weight excluding hydrogens is 152 g/mol. The Kier molecular flexibility index (Phi) is 3.53. The molecule has 0 spiro atoms. The van der Waals surface area contributed by atoms with E-state index >= 15 is 0 Å². The van der Waals surface area contributed by atoms with Gasteiger partial charge in [0.1, 0.15) is 0 Å². The van der Waals surface area contributed by atoms with Crippen molar-refractivity contribution in [3.05, 3.63) is 0 Å². The first-order valence-corrected chi connectivity index (χ1v) is 4.91. The van der Waals surface area contributed by atoms with E-state index in [9.17, 15) is 5.11 Å². The van der Waals surface area contributed by atoms with Gasteiger partial charge < -0.3 is 9.84 Å². The molecule has 3 atom stereocenters. The first kappa shape index (κ1) is 10.0. The van der Waals surface area contributed by atoms with Crippen LogP contribution in [0, 0.1) is 11.8 Å². The highest BCUT2D eigenvalue weighted by Crippen LogP contribution is 2.25. The highest BCUT2D eigenvalue weighted by atomic mass is 16.5. The van der Waals surface area contributed by atoms with Crippen molar-refractivity contribution in [2.75, 3.05) is 6.61 Å². The predicted molar refractivity (Wildman–Crippen MR) is 49.0 cm³/mol. The molecule has 0 aromatic rings. The van der Waals surface area contributed by atoms with E-state index < -0.39 is 0 Å². The molecular formula is C10H20O2. The number of hydrogen-bond donors (Lipinski definition) is 1. The van der Waals surface area contributed by atoms with Crippen LogP contribution in [0.5, 0.6) is 0 Å². The molecule has 1 fully saturated rings. The molecule has 1 heterocycles. The molecule has 1 rings (SSSR count). The van der Waals surface area contributed by atoms with Gasteiger partial charge in [0.2, 0.25) is 0 Å². The summed E-state index contributed by atoms with van der Waals surface area (Å²) in [6, 6.07) is 0. The van der Waals surface area contributed by atoms with Gasteiger partial charge in [0, 0.05) is 6.61 Å². The third-order valence-electron chi connectivity index (χ3n) is 2.54. The molecule has 0 radical (unpaired) electrons. The summed E-state index contributed by atoms with van der Waals surface area (Å²) in [4.78, 5) is 0. The highest BCUT2D eigenvalue weighted by molar-refractivity contribution is 4.79. The van der Waals surface area contributed by atoms with E-state index in [1.807, 2.05) is 0 Å². The third-order valence-corrected chi connectivity index (χ3v) is 2.54. The minimum absolute atomic E-state index is 0.0902. The van der Waals surface area contributed by atoms with Crippen molar-refractivity contribution in [1.82, 2.24) is 0 Å². The van der Waals surface area contributed by atoms with Gasteiger partial charge in [0.25, 0.3) is 0 Å². The Hall–Kier alpha value is -0.0800. The third kappa shape index (κ3) is 2.46. The maximum atomic E-state index is 9.76. The minimum atomic E-state index is -0.262. The molecule has 1 aliphatic heterocycles. The van der Waals surface area contributed by atoms with Gasteiger partial charge in [-0.3, -0.25) is 0 Å². The van der Waals surface area contributed by atoms with Crippen molar-refractivity contribution in [1.29, 1.82) is 0 Å². The fourth-order valence-electron chi connectivity index (χ4n) is 1.83. The molecule has 0 unspecified atom stereocenters. The molecule has 0 bridgehead atoms. The van der Waals surface area contributed by atoms with E-state index in [4.69, 9.17) is 4.74 Å². The molecule has 2 nitrogen and oxygen atoms in total. The lowest BCUT2D eigenvalue weighted by Gasteiger charge is -2.22. The quantitative estimate of drug-likeness (QED) is 0.703. The molecule has 1 N–H and O–H groups in total. The minimum Gasteiger partial charge on any atom is -0.390 e.